The van der Waals surface area contributed by atoms with Crippen LogP contribution in [0.15, 0.2) is 30.5 Å². The molecule has 0 atom stereocenters. The van der Waals surface area contributed by atoms with Crippen molar-refractivity contribution < 1.29 is 9.53 Å². The normalized spacial score (nSPS) is 10.3. The molecule has 0 unspecified atom stereocenters. The predicted molar refractivity (Wildman–Crippen MR) is 76.4 cm³/mol. The average Bonchev–Trinajstić information content (AvgIpc) is 2.75. The lowest BCUT2D eigenvalue weighted by Gasteiger charge is -2.10. The molecule has 6 nitrogen and oxygen atoms in total. The van der Waals surface area contributed by atoms with E-state index in [4.69, 9.17) is 10.5 Å². The second-order valence-electron chi connectivity index (χ2n) is 4.45. The molecule has 0 aliphatic carbocycles. The number of aryl methyl sites for hydroxylation is 2. The number of hydrogen-bond donors (Lipinski definition) is 2. The first-order chi connectivity index (χ1) is 9.60. The topological polar surface area (TPSA) is 82.2 Å². The first-order valence-corrected chi connectivity index (χ1v) is 6.31. The van der Waals surface area contributed by atoms with Gasteiger partial charge in [-0.05, 0) is 13.0 Å². The van der Waals surface area contributed by atoms with Crippen molar-refractivity contribution >= 4 is 11.6 Å². The van der Waals surface area contributed by atoms with Gasteiger partial charge in [-0.15, -0.1) is 0 Å². The SMILES string of the molecule is Cc1nn(C)cc1NC(=O)COc1ccccc1CN. The van der Waals surface area contributed by atoms with Crippen molar-refractivity contribution in [2.75, 3.05) is 11.9 Å². The Kier molecular flexibility index (Phi) is 4.37. The van der Waals surface area contributed by atoms with E-state index >= 15 is 0 Å². The van der Waals surface area contributed by atoms with Crippen LogP contribution in [0.2, 0.25) is 0 Å². The van der Waals surface area contributed by atoms with Gasteiger partial charge in [-0.3, -0.25) is 9.48 Å². The molecule has 0 saturated carbocycles. The van der Waals surface area contributed by atoms with Crippen LogP contribution in [0, 0.1) is 6.92 Å². The zero-order valence-electron chi connectivity index (χ0n) is 11.6. The van der Waals surface area contributed by atoms with E-state index in [9.17, 15) is 4.79 Å². The van der Waals surface area contributed by atoms with Crippen LogP contribution in [0.3, 0.4) is 0 Å². The van der Waals surface area contributed by atoms with Crippen LogP contribution in [0.4, 0.5) is 5.69 Å². The standard InChI is InChI=1S/C14H18N4O2/c1-10-12(8-18(2)17-10)16-14(19)9-20-13-6-4-3-5-11(13)7-15/h3-6,8H,7,9,15H2,1-2H3,(H,16,19). The minimum Gasteiger partial charge on any atom is -0.483 e. The van der Waals surface area contributed by atoms with E-state index in [-0.39, 0.29) is 12.5 Å². The molecule has 0 aliphatic heterocycles. The lowest BCUT2D eigenvalue weighted by Crippen LogP contribution is -2.20. The Morgan fingerprint density at radius 2 is 2.20 bits per heavy atom. The molecule has 0 radical (unpaired) electrons. The minimum absolute atomic E-state index is 0.0641. The fourth-order valence-corrected chi connectivity index (χ4v) is 1.87. The van der Waals surface area contributed by atoms with Gasteiger partial charge in [0.25, 0.3) is 5.91 Å². The number of hydrogen-bond acceptors (Lipinski definition) is 4. The molecule has 0 aliphatic rings. The Balaban J connectivity index is 1.94. The summed E-state index contributed by atoms with van der Waals surface area (Å²) in [6, 6.07) is 7.40. The number of amides is 1. The Bertz CT molecular complexity index is 607. The predicted octanol–water partition coefficient (Wildman–Crippen LogP) is 1.20. The van der Waals surface area contributed by atoms with Crippen LogP contribution in [0.1, 0.15) is 11.3 Å². The number of benzene rings is 1. The molecule has 2 rings (SSSR count). The summed E-state index contributed by atoms with van der Waals surface area (Å²) < 4.78 is 7.14. The minimum atomic E-state index is -0.229. The molecule has 1 aromatic carbocycles. The van der Waals surface area contributed by atoms with Crippen molar-refractivity contribution in [3.8, 4) is 5.75 Å². The van der Waals surface area contributed by atoms with Crippen molar-refractivity contribution in [2.24, 2.45) is 12.8 Å². The highest BCUT2D eigenvalue weighted by Crippen LogP contribution is 2.17. The number of rotatable bonds is 5. The van der Waals surface area contributed by atoms with Gasteiger partial charge < -0.3 is 15.8 Å². The van der Waals surface area contributed by atoms with Crippen LogP contribution in [-0.4, -0.2) is 22.3 Å². The summed E-state index contributed by atoms with van der Waals surface area (Å²) in [7, 11) is 1.80. The number of nitrogens with two attached hydrogens (primary N) is 1. The smallest absolute Gasteiger partial charge is 0.262 e. The molecule has 106 valence electrons. The number of nitrogens with zero attached hydrogens (tertiary/aromatic N) is 2. The average molecular weight is 274 g/mol. The van der Waals surface area contributed by atoms with Gasteiger partial charge in [0.2, 0.25) is 0 Å². The van der Waals surface area contributed by atoms with Crippen molar-refractivity contribution in [1.29, 1.82) is 0 Å². The van der Waals surface area contributed by atoms with E-state index in [0.717, 1.165) is 11.3 Å². The van der Waals surface area contributed by atoms with Gasteiger partial charge in [0.05, 0.1) is 11.4 Å². The molecule has 0 bridgehead atoms. The summed E-state index contributed by atoms with van der Waals surface area (Å²) in [5.74, 6) is 0.404. The first kappa shape index (κ1) is 14.1. The third-order valence-electron chi connectivity index (χ3n) is 2.84. The van der Waals surface area contributed by atoms with Crippen LogP contribution in [0.5, 0.6) is 5.75 Å². The van der Waals surface area contributed by atoms with Gasteiger partial charge in [0, 0.05) is 25.4 Å². The number of carbonyl (C=O) groups is 1. The lowest BCUT2D eigenvalue weighted by molar-refractivity contribution is -0.118. The number of nitrogens with one attached hydrogen (secondary N) is 1. The maximum atomic E-state index is 11.8. The molecule has 2 aromatic rings. The van der Waals surface area contributed by atoms with E-state index in [1.165, 1.54) is 0 Å². The van der Waals surface area contributed by atoms with E-state index in [0.29, 0.717) is 18.0 Å². The van der Waals surface area contributed by atoms with Gasteiger partial charge in [0.15, 0.2) is 6.61 Å². The number of aromatic nitrogens is 2. The van der Waals surface area contributed by atoms with Crippen molar-refractivity contribution in [2.45, 2.75) is 13.5 Å². The van der Waals surface area contributed by atoms with Gasteiger partial charge in [-0.2, -0.15) is 5.10 Å². The summed E-state index contributed by atoms with van der Waals surface area (Å²) >= 11 is 0. The number of para-hydroxylation sites is 1. The van der Waals surface area contributed by atoms with Gasteiger partial charge in [0.1, 0.15) is 5.75 Å². The van der Waals surface area contributed by atoms with Gasteiger partial charge >= 0.3 is 0 Å². The molecule has 0 fully saturated rings. The maximum absolute atomic E-state index is 11.8. The Morgan fingerprint density at radius 3 is 2.85 bits per heavy atom. The molecule has 3 N–H and O–H groups in total. The van der Waals surface area contributed by atoms with Gasteiger partial charge in [-0.25, -0.2) is 0 Å². The molecule has 1 aromatic heterocycles. The summed E-state index contributed by atoms with van der Waals surface area (Å²) in [4.78, 5) is 11.8. The van der Waals surface area contributed by atoms with Crippen molar-refractivity contribution in [3.63, 3.8) is 0 Å². The largest absolute Gasteiger partial charge is 0.483 e. The fraction of sp³-hybridized carbons (Fsp3) is 0.286. The van der Waals surface area contributed by atoms with E-state index in [1.54, 1.807) is 24.0 Å². The van der Waals surface area contributed by atoms with E-state index in [2.05, 4.69) is 10.4 Å². The number of anilines is 1. The van der Waals surface area contributed by atoms with Crippen molar-refractivity contribution in [3.05, 3.63) is 41.7 Å². The maximum Gasteiger partial charge on any atom is 0.262 e. The van der Waals surface area contributed by atoms with Crippen LogP contribution in [-0.2, 0) is 18.4 Å². The zero-order chi connectivity index (χ0) is 14.5. The highest BCUT2D eigenvalue weighted by atomic mass is 16.5. The third kappa shape index (κ3) is 3.36. The summed E-state index contributed by atoms with van der Waals surface area (Å²) in [5.41, 5.74) is 7.94. The number of carbonyl (C=O) groups excluding carboxylic acids is 1. The van der Waals surface area contributed by atoms with E-state index < -0.39 is 0 Å². The molecule has 20 heavy (non-hydrogen) atoms. The molecule has 0 saturated heterocycles. The molecular formula is C14H18N4O2. The van der Waals surface area contributed by atoms with Crippen LogP contribution in [0.25, 0.3) is 0 Å². The zero-order valence-corrected chi connectivity index (χ0v) is 11.6. The lowest BCUT2D eigenvalue weighted by atomic mass is 10.2. The molecule has 6 heteroatoms. The monoisotopic (exact) mass is 274 g/mol. The highest BCUT2D eigenvalue weighted by molar-refractivity contribution is 5.92. The summed E-state index contributed by atoms with van der Waals surface area (Å²) in [5, 5.41) is 6.91. The highest BCUT2D eigenvalue weighted by Gasteiger charge is 2.09. The van der Waals surface area contributed by atoms with Crippen LogP contribution < -0.4 is 15.8 Å². The first-order valence-electron chi connectivity index (χ1n) is 6.31. The quantitative estimate of drug-likeness (QED) is 0.858. The summed E-state index contributed by atoms with van der Waals surface area (Å²) in [6.45, 7) is 2.14. The van der Waals surface area contributed by atoms with Gasteiger partial charge in [-0.1, -0.05) is 18.2 Å². The second kappa shape index (κ2) is 6.21. The fourth-order valence-electron chi connectivity index (χ4n) is 1.87. The van der Waals surface area contributed by atoms with Crippen LogP contribution >= 0.6 is 0 Å². The number of ether oxygens (including phenoxy) is 1. The summed E-state index contributed by atoms with van der Waals surface area (Å²) in [6.07, 6.45) is 1.75. The molecular weight excluding hydrogens is 256 g/mol. The Hall–Kier alpha value is -2.34. The Morgan fingerprint density at radius 1 is 1.45 bits per heavy atom. The molecule has 1 heterocycles. The van der Waals surface area contributed by atoms with Crippen molar-refractivity contribution in [1.82, 2.24) is 9.78 Å². The Labute approximate surface area is 117 Å². The third-order valence-corrected chi connectivity index (χ3v) is 2.84. The molecule has 1 amide bonds. The molecule has 0 spiro atoms. The van der Waals surface area contributed by atoms with E-state index in [1.807, 2.05) is 25.1 Å². The second-order valence-corrected chi connectivity index (χ2v) is 4.45.